The first kappa shape index (κ1) is 32.8. The van der Waals surface area contributed by atoms with Gasteiger partial charge in [-0.25, -0.2) is 19.0 Å². The minimum atomic E-state index is -4.71. The van der Waals surface area contributed by atoms with Gasteiger partial charge in [0.2, 0.25) is 5.91 Å². The molecule has 2 atom stereocenters. The first-order valence-corrected chi connectivity index (χ1v) is 15.4. The number of imidazole rings is 1. The number of likely N-dealkylation sites (tertiary alicyclic amines) is 1. The Bertz CT molecular complexity index is 2090. The Kier molecular flexibility index (Phi) is 8.74. The number of amides is 1. The molecule has 1 fully saturated rings. The minimum Gasteiger partial charge on any atom is -0.335 e. The number of likely N-dealkylation sites (N-methyl/N-ethyl adjacent to an activating group) is 1. The molecule has 0 unspecified atom stereocenters. The monoisotopic (exact) mass is 659 g/mol. The Morgan fingerprint density at radius 3 is 2.65 bits per heavy atom. The van der Waals surface area contributed by atoms with Gasteiger partial charge in [0.05, 0.1) is 24.1 Å². The van der Waals surface area contributed by atoms with Gasteiger partial charge in [0.15, 0.2) is 17.2 Å². The second-order valence-corrected chi connectivity index (χ2v) is 12.2. The molecule has 0 N–H and O–H groups in total. The molecule has 3 aromatic heterocycles. The lowest BCUT2D eigenvalue weighted by Gasteiger charge is -2.38. The first-order valence-electron chi connectivity index (χ1n) is 15.4. The van der Waals surface area contributed by atoms with Gasteiger partial charge in [-0.05, 0) is 64.0 Å². The number of carbonyl (C=O) groups is 1. The SMILES string of the molecule is Cc1cc2c(nc(-n3ccnc3C)c3nnn([C@H]4CCN(C(=O)/C=C/CN(C)C)[C@H](CC#N)C4)c32)c(F)c1-c1ccccc1C(F)(F)F. The largest absolute Gasteiger partial charge is 0.417 e. The van der Waals surface area contributed by atoms with Crippen molar-refractivity contribution in [2.24, 2.45) is 0 Å². The van der Waals surface area contributed by atoms with Crippen LogP contribution >= 0.6 is 0 Å². The summed E-state index contributed by atoms with van der Waals surface area (Å²) >= 11 is 0. The maximum Gasteiger partial charge on any atom is 0.417 e. The van der Waals surface area contributed by atoms with Gasteiger partial charge in [0.1, 0.15) is 16.9 Å². The van der Waals surface area contributed by atoms with Crippen LogP contribution < -0.4 is 0 Å². The molecule has 5 aromatic rings. The van der Waals surface area contributed by atoms with Crippen molar-refractivity contribution >= 4 is 27.8 Å². The van der Waals surface area contributed by atoms with Crippen LogP contribution in [0.5, 0.6) is 0 Å². The van der Waals surface area contributed by atoms with Gasteiger partial charge >= 0.3 is 6.18 Å². The van der Waals surface area contributed by atoms with Gasteiger partial charge in [0, 0.05) is 48.6 Å². The zero-order valence-electron chi connectivity index (χ0n) is 26.8. The van der Waals surface area contributed by atoms with E-state index in [-0.39, 0.29) is 46.4 Å². The van der Waals surface area contributed by atoms with Crippen molar-refractivity contribution < 1.29 is 22.4 Å². The summed E-state index contributed by atoms with van der Waals surface area (Å²) in [6.45, 7) is 4.25. The van der Waals surface area contributed by atoms with Crippen molar-refractivity contribution in [3.63, 3.8) is 0 Å². The van der Waals surface area contributed by atoms with Crippen molar-refractivity contribution in [2.75, 3.05) is 27.2 Å². The molecule has 1 saturated heterocycles. The van der Waals surface area contributed by atoms with E-state index in [2.05, 4.69) is 26.3 Å². The number of hydrogen-bond acceptors (Lipinski definition) is 7. The summed E-state index contributed by atoms with van der Waals surface area (Å²) in [7, 11) is 3.80. The maximum absolute atomic E-state index is 16.8. The zero-order valence-corrected chi connectivity index (χ0v) is 26.8. The normalized spacial score (nSPS) is 17.2. The van der Waals surface area contributed by atoms with Crippen LogP contribution in [0.25, 0.3) is 38.9 Å². The Labute approximate surface area is 273 Å². The summed E-state index contributed by atoms with van der Waals surface area (Å²) in [5.41, 5.74) is -0.485. The van der Waals surface area contributed by atoms with Crippen molar-refractivity contribution in [2.45, 2.75) is 51.4 Å². The van der Waals surface area contributed by atoms with E-state index in [1.807, 2.05) is 19.0 Å². The van der Waals surface area contributed by atoms with Gasteiger partial charge in [0.25, 0.3) is 0 Å². The van der Waals surface area contributed by atoms with Gasteiger partial charge < -0.3 is 9.80 Å². The highest BCUT2D eigenvalue weighted by Gasteiger charge is 2.36. The summed E-state index contributed by atoms with van der Waals surface area (Å²) in [5.74, 6) is -0.321. The third kappa shape index (κ3) is 5.90. The summed E-state index contributed by atoms with van der Waals surface area (Å²) in [4.78, 5) is 25.7. The van der Waals surface area contributed by atoms with Crippen molar-refractivity contribution in [1.82, 2.24) is 39.3 Å². The highest BCUT2D eigenvalue weighted by molar-refractivity contribution is 6.07. The van der Waals surface area contributed by atoms with E-state index >= 15 is 4.39 Å². The lowest BCUT2D eigenvalue weighted by molar-refractivity contribution is -0.137. The zero-order chi connectivity index (χ0) is 34.3. The predicted octanol–water partition coefficient (Wildman–Crippen LogP) is 6.17. The van der Waals surface area contributed by atoms with Crippen LogP contribution in [-0.4, -0.2) is 78.5 Å². The summed E-state index contributed by atoms with van der Waals surface area (Å²) in [6, 6.07) is 7.99. The molecule has 14 heteroatoms. The van der Waals surface area contributed by atoms with Crippen LogP contribution in [-0.2, 0) is 11.0 Å². The number of fused-ring (bicyclic) bond motifs is 3. The molecule has 0 radical (unpaired) electrons. The number of hydrogen-bond donors (Lipinski definition) is 0. The number of pyridine rings is 1. The van der Waals surface area contributed by atoms with Gasteiger partial charge in [-0.15, -0.1) is 5.10 Å². The van der Waals surface area contributed by atoms with Gasteiger partial charge in [-0.3, -0.25) is 9.36 Å². The molecule has 1 aliphatic heterocycles. The summed E-state index contributed by atoms with van der Waals surface area (Å²) in [6.07, 6.45) is 2.77. The van der Waals surface area contributed by atoms with Crippen molar-refractivity contribution in [1.29, 1.82) is 5.26 Å². The Morgan fingerprint density at radius 1 is 1.19 bits per heavy atom. The molecule has 10 nitrogen and oxygen atoms in total. The third-order valence-corrected chi connectivity index (χ3v) is 8.75. The number of nitriles is 1. The second-order valence-electron chi connectivity index (χ2n) is 12.2. The smallest absolute Gasteiger partial charge is 0.335 e. The second kappa shape index (κ2) is 12.8. The molecule has 0 bridgehead atoms. The average Bonchev–Trinajstić information content (AvgIpc) is 3.67. The van der Waals surface area contributed by atoms with Crippen molar-refractivity contribution in [3.8, 4) is 23.0 Å². The van der Waals surface area contributed by atoms with Crippen LogP contribution in [0.15, 0.2) is 54.9 Å². The fraction of sp³-hybridized carbons (Fsp3) is 0.353. The number of piperidine rings is 1. The highest BCUT2D eigenvalue weighted by Crippen LogP contribution is 2.42. The molecule has 0 spiro atoms. The van der Waals surface area contributed by atoms with Crippen LogP contribution in [0.4, 0.5) is 17.6 Å². The first-order chi connectivity index (χ1) is 22.9. The average molecular weight is 660 g/mol. The van der Waals surface area contributed by atoms with Gasteiger partial charge in [-0.2, -0.15) is 18.4 Å². The van der Waals surface area contributed by atoms with E-state index in [9.17, 15) is 23.2 Å². The number of rotatable bonds is 7. The molecule has 48 heavy (non-hydrogen) atoms. The number of carbonyl (C=O) groups excluding carboxylic acids is 1. The summed E-state index contributed by atoms with van der Waals surface area (Å²) in [5, 5.41) is 19.0. The van der Waals surface area contributed by atoms with E-state index in [0.29, 0.717) is 48.2 Å². The molecule has 1 amide bonds. The molecule has 0 aliphatic carbocycles. The Morgan fingerprint density at radius 2 is 1.96 bits per heavy atom. The standard InChI is InChI=1S/C34H33F4N9O/c1-20-18-25-30(29(35)28(20)24-8-5-6-9-26(24)34(36,37)38)41-33(45-17-14-40-21(45)2)31-32(25)47(43-42-31)23-12-16-46(22(19-23)11-13-39)27(48)10-7-15-44(3)4/h5-10,14,17-18,22-23H,11-12,15-16,19H2,1-4H3/b10-7+/t22-,23+/m1/s1. The lowest BCUT2D eigenvalue weighted by atomic mass is 9.92. The van der Waals surface area contributed by atoms with Crippen LogP contribution in [0.1, 0.15) is 42.3 Å². The Balaban J connectivity index is 1.52. The molecule has 248 valence electrons. The van der Waals surface area contributed by atoms with E-state index in [1.165, 1.54) is 24.3 Å². The fourth-order valence-corrected chi connectivity index (χ4v) is 6.52. The fourth-order valence-electron chi connectivity index (χ4n) is 6.52. The number of alkyl halides is 3. The summed E-state index contributed by atoms with van der Waals surface area (Å²) < 4.78 is 62.3. The Hall–Kier alpha value is -5.16. The molecule has 4 heterocycles. The molecular weight excluding hydrogens is 626 g/mol. The van der Waals surface area contributed by atoms with E-state index < -0.39 is 23.6 Å². The number of aromatic nitrogens is 6. The van der Waals surface area contributed by atoms with E-state index in [1.54, 1.807) is 52.5 Å². The molecule has 1 aliphatic rings. The maximum atomic E-state index is 16.8. The molecular formula is C34H33F4N9O. The quantitative estimate of drug-likeness (QED) is 0.152. The number of aryl methyl sites for hydroxylation is 2. The van der Waals surface area contributed by atoms with E-state index in [4.69, 9.17) is 0 Å². The molecule has 2 aromatic carbocycles. The predicted molar refractivity (Wildman–Crippen MR) is 172 cm³/mol. The van der Waals surface area contributed by atoms with Gasteiger partial charge in [-0.1, -0.05) is 29.5 Å². The number of nitrogens with zero attached hydrogens (tertiary/aromatic N) is 9. The minimum absolute atomic E-state index is 0.105. The van der Waals surface area contributed by atoms with E-state index in [0.717, 1.165) is 6.07 Å². The molecule has 0 saturated carbocycles. The molecule has 6 rings (SSSR count). The number of benzene rings is 2. The van der Waals surface area contributed by atoms with Crippen LogP contribution in [0.2, 0.25) is 0 Å². The highest BCUT2D eigenvalue weighted by atomic mass is 19.4. The van der Waals surface area contributed by atoms with Crippen LogP contribution in [0, 0.1) is 31.0 Å². The topological polar surface area (TPSA) is 109 Å². The number of halogens is 4. The van der Waals surface area contributed by atoms with Crippen molar-refractivity contribution in [3.05, 3.63) is 77.6 Å². The lowest BCUT2D eigenvalue weighted by Crippen LogP contribution is -2.46. The van der Waals surface area contributed by atoms with Crippen LogP contribution in [0.3, 0.4) is 0 Å². The third-order valence-electron chi connectivity index (χ3n) is 8.75.